The molecule has 0 aliphatic heterocycles. The Hall–Kier alpha value is -2.37. The molecular weight excluding hydrogens is 272 g/mol. The van der Waals surface area contributed by atoms with Gasteiger partial charge in [0.1, 0.15) is 0 Å². The van der Waals surface area contributed by atoms with Gasteiger partial charge in [-0.15, -0.1) is 0 Å². The summed E-state index contributed by atoms with van der Waals surface area (Å²) < 4.78 is 0. The maximum absolute atomic E-state index is 12.1. The van der Waals surface area contributed by atoms with Gasteiger partial charge in [0.2, 0.25) is 5.91 Å². The summed E-state index contributed by atoms with van der Waals surface area (Å²) in [5.74, 6) is -1.86. The highest BCUT2D eigenvalue weighted by atomic mass is 16.4. The molecule has 114 valence electrons. The second-order valence-corrected chi connectivity index (χ2v) is 4.63. The fraction of sp³-hybridized carbons (Fsp3) is 0.400. The fourth-order valence-electron chi connectivity index (χ4n) is 1.94. The van der Waals surface area contributed by atoms with Gasteiger partial charge in [-0.2, -0.15) is 0 Å². The highest BCUT2D eigenvalue weighted by Gasteiger charge is 2.34. The summed E-state index contributed by atoms with van der Waals surface area (Å²) in [6, 6.07) is 6.21. The van der Waals surface area contributed by atoms with Crippen molar-refractivity contribution in [2.75, 3.05) is 6.54 Å². The second-order valence-electron chi connectivity index (χ2n) is 4.63. The number of benzene rings is 1. The van der Waals surface area contributed by atoms with Crippen LogP contribution in [0.15, 0.2) is 30.3 Å². The average molecular weight is 292 g/mol. The van der Waals surface area contributed by atoms with Gasteiger partial charge in [0, 0.05) is 13.5 Å². The minimum Gasteiger partial charge on any atom is -0.479 e. The molecule has 1 aromatic rings. The summed E-state index contributed by atoms with van der Waals surface area (Å²) in [5, 5.41) is 12.0. The third-order valence-electron chi connectivity index (χ3n) is 2.97. The lowest BCUT2D eigenvalue weighted by Crippen LogP contribution is -2.47. The number of carbonyl (C=O) groups excluding carboxylic acids is 2. The number of imide groups is 1. The van der Waals surface area contributed by atoms with Gasteiger partial charge in [-0.25, -0.2) is 14.5 Å². The van der Waals surface area contributed by atoms with Gasteiger partial charge < -0.3 is 10.4 Å². The first kappa shape index (κ1) is 16.7. The third-order valence-corrected chi connectivity index (χ3v) is 2.97. The summed E-state index contributed by atoms with van der Waals surface area (Å²) in [7, 11) is 0. The molecule has 21 heavy (non-hydrogen) atoms. The van der Waals surface area contributed by atoms with Crippen molar-refractivity contribution in [3.05, 3.63) is 35.9 Å². The molecular formula is C15H20N2O4. The highest BCUT2D eigenvalue weighted by Crippen LogP contribution is 2.21. The van der Waals surface area contributed by atoms with Crippen molar-refractivity contribution in [1.29, 1.82) is 0 Å². The van der Waals surface area contributed by atoms with Crippen LogP contribution in [0.1, 0.15) is 38.3 Å². The number of hydrogen-bond donors (Lipinski definition) is 2. The Labute approximate surface area is 123 Å². The predicted octanol–water partition coefficient (Wildman–Crippen LogP) is 2.17. The lowest BCUT2D eigenvalue weighted by Gasteiger charge is -2.26. The summed E-state index contributed by atoms with van der Waals surface area (Å²) in [6.07, 6.45) is 1.65. The fourth-order valence-corrected chi connectivity index (χ4v) is 1.94. The highest BCUT2D eigenvalue weighted by molar-refractivity contribution is 5.97. The molecule has 1 atom stereocenters. The number of aliphatic carboxylic acids is 1. The molecule has 2 N–H and O–H groups in total. The van der Waals surface area contributed by atoms with E-state index < -0.39 is 23.9 Å². The van der Waals surface area contributed by atoms with E-state index in [9.17, 15) is 19.5 Å². The van der Waals surface area contributed by atoms with Crippen LogP contribution in [0.3, 0.4) is 0 Å². The molecule has 0 aromatic heterocycles. The minimum absolute atomic E-state index is 0.380. The molecule has 1 unspecified atom stereocenters. The van der Waals surface area contributed by atoms with Crippen LogP contribution in [-0.4, -0.2) is 34.5 Å². The average Bonchev–Trinajstić information content (AvgIpc) is 2.44. The van der Waals surface area contributed by atoms with Gasteiger partial charge in [-0.3, -0.25) is 4.79 Å². The Balaban J connectivity index is 3.02. The lowest BCUT2D eigenvalue weighted by atomic mass is 10.1. The third kappa shape index (κ3) is 4.59. The van der Waals surface area contributed by atoms with Crippen LogP contribution in [-0.2, 0) is 9.59 Å². The van der Waals surface area contributed by atoms with E-state index in [0.29, 0.717) is 12.1 Å². The summed E-state index contributed by atoms with van der Waals surface area (Å²) in [4.78, 5) is 36.1. The molecule has 3 amide bonds. The Kier molecular flexibility index (Phi) is 6.39. The van der Waals surface area contributed by atoms with Gasteiger partial charge in [0.15, 0.2) is 6.04 Å². The smallest absolute Gasteiger partial charge is 0.331 e. The van der Waals surface area contributed by atoms with E-state index in [2.05, 4.69) is 5.32 Å². The summed E-state index contributed by atoms with van der Waals surface area (Å²) >= 11 is 0. The zero-order valence-corrected chi connectivity index (χ0v) is 12.2. The summed E-state index contributed by atoms with van der Waals surface area (Å²) in [5.41, 5.74) is 0.380. The maximum Gasteiger partial charge on any atom is 0.331 e. The second kappa shape index (κ2) is 8.04. The number of hydrogen-bond acceptors (Lipinski definition) is 3. The van der Waals surface area contributed by atoms with Crippen molar-refractivity contribution in [2.45, 2.75) is 32.7 Å². The zero-order chi connectivity index (χ0) is 15.8. The number of nitrogens with zero attached hydrogens (tertiary/aromatic N) is 1. The van der Waals surface area contributed by atoms with Crippen LogP contribution in [0.2, 0.25) is 0 Å². The standard InChI is InChI=1S/C15H20N2O4/c1-3-4-10-16-15(21)17(11(2)18)13(14(19)20)12-8-6-5-7-9-12/h5-9,13H,3-4,10H2,1-2H3,(H,16,21)(H,19,20). The molecule has 1 rings (SSSR count). The van der Waals surface area contributed by atoms with Gasteiger partial charge in [-0.1, -0.05) is 43.7 Å². The van der Waals surface area contributed by atoms with E-state index >= 15 is 0 Å². The Morgan fingerprint density at radius 3 is 2.33 bits per heavy atom. The normalized spacial score (nSPS) is 11.5. The molecule has 0 heterocycles. The predicted molar refractivity (Wildman–Crippen MR) is 77.6 cm³/mol. The van der Waals surface area contributed by atoms with Crippen molar-refractivity contribution in [2.24, 2.45) is 0 Å². The van der Waals surface area contributed by atoms with Crippen molar-refractivity contribution >= 4 is 17.9 Å². The number of amides is 3. The van der Waals surface area contributed by atoms with Gasteiger partial charge in [0.05, 0.1) is 0 Å². The van der Waals surface area contributed by atoms with Crippen LogP contribution < -0.4 is 5.32 Å². The Bertz CT molecular complexity index is 502. The molecule has 0 bridgehead atoms. The van der Waals surface area contributed by atoms with E-state index in [1.807, 2.05) is 6.92 Å². The minimum atomic E-state index is -1.33. The molecule has 0 radical (unpaired) electrons. The van der Waals surface area contributed by atoms with Crippen LogP contribution in [0.5, 0.6) is 0 Å². The molecule has 0 saturated carbocycles. The van der Waals surface area contributed by atoms with E-state index in [4.69, 9.17) is 0 Å². The van der Waals surface area contributed by atoms with E-state index in [1.165, 1.54) is 6.92 Å². The Morgan fingerprint density at radius 1 is 1.24 bits per heavy atom. The van der Waals surface area contributed by atoms with Crippen molar-refractivity contribution in [1.82, 2.24) is 10.2 Å². The first-order valence-electron chi connectivity index (χ1n) is 6.84. The molecule has 1 aromatic carbocycles. The first-order valence-corrected chi connectivity index (χ1v) is 6.84. The van der Waals surface area contributed by atoms with Crippen LogP contribution in [0.25, 0.3) is 0 Å². The number of rotatable bonds is 6. The molecule has 6 nitrogen and oxygen atoms in total. The van der Waals surface area contributed by atoms with E-state index in [-0.39, 0.29) is 0 Å². The van der Waals surface area contributed by atoms with Crippen molar-refractivity contribution < 1.29 is 19.5 Å². The van der Waals surface area contributed by atoms with Gasteiger partial charge >= 0.3 is 12.0 Å². The molecule has 0 saturated heterocycles. The Morgan fingerprint density at radius 2 is 1.86 bits per heavy atom. The number of urea groups is 1. The van der Waals surface area contributed by atoms with Crippen molar-refractivity contribution in [3.63, 3.8) is 0 Å². The van der Waals surface area contributed by atoms with E-state index in [0.717, 1.165) is 17.7 Å². The summed E-state index contributed by atoms with van der Waals surface area (Å²) in [6.45, 7) is 3.55. The molecule has 0 spiro atoms. The number of carbonyl (C=O) groups is 3. The number of carboxylic acids is 1. The quantitative estimate of drug-likeness (QED) is 0.787. The molecule has 0 aliphatic rings. The lowest BCUT2D eigenvalue weighted by molar-refractivity contribution is -0.147. The SMILES string of the molecule is CCCCNC(=O)N(C(C)=O)C(C(=O)O)c1ccccc1. The number of nitrogens with one attached hydrogen (secondary N) is 1. The molecule has 0 fully saturated rings. The van der Waals surface area contributed by atoms with Crippen LogP contribution >= 0.6 is 0 Å². The van der Waals surface area contributed by atoms with Gasteiger partial charge in [-0.05, 0) is 12.0 Å². The maximum atomic E-state index is 12.1. The first-order chi connectivity index (χ1) is 9.99. The molecule has 6 heteroatoms. The largest absolute Gasteiger partial charge is 0.479 e. The molecule has 0 aliphatic carbocycles. The monoisotopic (exact) mass is 292 g/mol. The zero-order valence-electron chi connectivity index (χ0n) is 12.2. The number of carboxylic acid groups (broad SMARTS) is 1. The van der Waals surface area contributed by atoms with Crippen LogP contribution in [0, 0.1) is 0 Å². The van der Waals surface area contributed by atoms with Crippen molar-refractivity contribution in [3.8, 4) is 0 Å². The van der Waals surface area contributed by atoms with E-state index in [1.54, 1.807) is 30.3 Å². The number of unbranched alkanes of at least 4 members (excludes halogenated alkanes) is 1. The topological polar surface area (TPSA) is 86.7 Å². The van der Waals surface area contributed by atoms with Crippen LogP contribution in [0.4, 0.5) is 4.79 Å². The van der Waals surface area contributed by atoms with Gasteiger partial charge in [0.25, 0.3) is 0 Å².